The number of nitrogens with one attached hydrogen (secondary N) is 2. The van der Waals surface area contributed by atoms with Crippen LogP contribution in [0.2, 0.25) is 0 Å². The van der Waals surface area contributed by atoms with Crippen LogP contribution >= 0.6 is 0 Å². The normalized spacial score (nSPS) is 11.4. The molecule has 0 radical (unpaired) electrons. The van der Waals surface area contributed by atoms with E-state index in [0.29, 0.717) is 17.5 Å². The molecule has 1 atom stereocenters. The van der Waals surface area contributed by atoms with Gasteiger partial charge in [-0.3, -0.25) is 4.79 Å². The van der Waals surface area contributed by atoms with Gasteiger partial charge < -0.3 is 25.3 Å². The number of hydrogen-bond acceptors (Lipinski definition) is 4. The number of aliphatic carboxylic acids is 1. The number of carbonyl (C=O) groups excluding carboxylic acids is 2. The molecule has 7 heteroatoms. The van der Waals surface area contributed by atoms with Gasteiger partial charge >= 0.3 is 12.0 Å². The van der Waals surface area contributed by atoms with E-state index in [-0.39, 0.29) is 0 Å². The zero-order valence-corrected chi connectivity index (χ0v) is 10.3. The molecule has 102 valence electrons. The van der Waals surface area contributed by atoms with Gasteiger partial charge in [0.2, 0.25) is 0 Å². The fourth-order valence-corrected chi connectivity index (χ4v) is 1.39. The number of urea groups is 1. The van der Waals surface area contributed by atoms with Crippen LogP contribution in [-0.4, -0.2) is 37.0 Å². The maximum Gasteiger partial charge on any atom is 0.323 e. The Bertz CT molecular complexity index is 475. The molecule has 3 N–H and O–H groups in total. The number of ether oxygens (including phenoxy) is 1. The summed E-state index contributed by atoms with van der Waals surface area (Å²) in [6, 6.07) is 5.88. The number of anilines is 1. The number of methoxy groups -OCH3 is 1. The number of benzene rings is 1. The van der Waals surface area contributed by atoms with Gasteiger partial charge in [0.15, 0.2) is 6.29 Å². The van der Waals surface area contributed by atoms with Crippen molar-refractivity contribution >= 4 is 24.0 Å². The summed E-state index contributed by atoms with van der Waals surface area (Å²) in [5.41, 5.74) is 1.03. The van der Waals surface area contributed by atoms with E-state index >= 15 is 0 Å². The summed E-state index contributed by atoms with van der Waals surface area (Å²) in [7, 11) is 1.40. The highest BCUT2D eigenvalue weighted by atomic mass is 16.5. The van der Waals surface area contributed by atoms with Crippen LogP contribution in [-0.2, 0) is 14.3 Å². The van der Waals surface area contributed by atoms with Gasteiger partial charge in [-0.25, -0.2) is 4.79 Å². The molecule has 0 heterocycles. The van der Waals surface area contributed by atoms with Crippen LogP contribution in [0.3, 0.4) is 0 Å². The van der Waals surface area contributed by atoms with Gasteiger partial charge in [-0.05, 0) is 17.7 Å². The lowest BCUT2D eigenvalue weighted by Gasteiger charge is -2.11. The molecule has 2 amide bonds. The van der Waals surface area contributed by atoms with Gasteiger partial charge in [0.25, 0.3) is 0 Å². The lowest BCUT2D eigenvalue weighted by Crippen LogP contribution is -2.33. The van der Waals surface area contributed by atoms with Crippen LogP contribution in [0, 0.1) is 0 Å². The predicted molar refractivity (Wildman–Crippen MR) is 66.9 cm³/mol. The number of rotatable bonds is 6. The summed E-state index contributed by atoms with van der Waals surface area (Å²) in [5, 5.41) is 13.0. The highest BCUT2D eigenvalue weighted by Gasteiger charge is 2.10. The van der Waals surface area contributed by atoms with E-state index in [1.54, 1.807) is 24.3 Å². The third-order valence-corrected chi connectivity index (χ3v) is 2.25. The Kier molecular flexibility index (Phi) is 5.49. The summed E-state index contributed by atoms with van der Waals surface area (Å²) >= 11 is 0. The molecule has 7 nitrogen and oxygen atoms in total. The second-order valence-corrected chi connectivity index (χ2v) is 3.62. The largest absolute Gasteiger partial charge is 0.480 e. The molecule has 0 saturated heterocycles. The summed E-state index contributed by atoms with van der Waals surface area (Å²) in [6.07, 6.45) is -0.0623. The van der Waals surface area contributed by atoms with Crippen molar-refractivity contribution in [3.05, 3.63) is 29.8 Å². The zero-order valence-electron chi connectivity index (χ0n) is 10.3. The molecule has 0 saturated carbocycles. The summed E-state index contributed by atoms with van der Waals surface area (Å²) in [4.78, 5) is 32.4. The fraction of sp³-hybridized carbons (Fsp3) is 0.250. The van der Waals surface area contributed by atoms with Crippen LogP contribution < -0.4 is 10.6 Å². The van der Waals surface area contributed by atoms with Crippen molar-refractivity contribution in [1.82, 2.24) is 5.32 Å². The van der Waals surface area contributed by atoms with E-state index in [4.69, 9.17) is 9.84 Å². The Morgan fingerprint density at radius 1 is 1.47 bits per heavy atom. The van der Waals surface area contributed by atoms with Crippen molar-refractivity contribution in [2.45, 2.75) is 6.10 Å². The SMILES string of the molecule is COC(C=O)c1cccc(NC(=O)NCC(=O)O)c1. The maximum atomic E-state index is 11.4. The van der Waals surface area contributed by atoms with Crippen LogP contribution in [0.5, 0.6) is 0 Å². The molecule has 19 heavy (non-hydrogen) atoms. The Morgan fingerprint density at radius 2 is 2.21 bits per heavy atom. The first kappa shape index (κ1) is 14.7. The molecule has 0 aliphatic heterocycles. The molecule has 0 fully saturated rings. The summed E-state index contributed by atoms with van der Waals surface area (Å²) < 4.78 is 4.95. The molecule has 0 aromatic heterocycles. The molecule has 1 aromatic rings. The van der Waals surface area contributed by atoms with Crippen LogP contribution in [0.4, 0.5) is 10.5 Å². The smallest absolute Gasteiger partial charge is 0.323 e. The highest BCUT2D eigenvalue weighted by molar-refractivity contribution is 5.91. The number of aldehydes is 1. The molecule has 0 aliphatic rings. The van der Waals surface area contributed by atoms with E-state index in [2.05, 4.69) is 10.6 Å². The molecule has 0 bridgehead atoms. The minimum atomic E-state index is -1.13. The number of carboxylic acid groups (broad SMARTS) is 1. The van der Waals surface area contributed by atoms with Gasteiger partial charge in [0.1, 0.15) is 12.6 Å². The highest BCUT2D eigenvalue weighted by Crippen LogP contribution is 2.18. The lowest BCUT2D eigenvalue weighted by molar-refractivity contribution is -0.135. The molecule has 0 aliphatic carbocycles. The number of amides is 2. The Morgan fingerprint density at radius 3 is 2.79 bits per heavy atom. The molecular formula is C12H14N2O5. The molecular weight excluding hydrogens is 252 g/mol. The molecule has 1 unspecified atom stereocenters. The van der Waals surface area contributed by atoms with Gasteiger partial charge in [-0.1, -0.05) is 12.1 Å². The van der Waals surface area contributed by atoms with Crippen molar-refractivity contribution in [1.29, 1.82) is 0 Å². The van der Waals surface area contributed by atoms with Gasteiger partial charge in [-0.15, -0.1) is 0 Å². The third kappa shape index (κ3) is 4.76. The van der Waals surface area contributed by atoms with E-state index in [1.807, 2.05) is 0 Å². The third-order valence-electron chi connectivity index (χ3n) is 2.25. The maximum absolute atomic E-state index is 11.4. The first-order valence-corrected chi connectivity index (χ1v) is 5.41. The summed E-state index contributed by atoms with van der Waals surface area (Å²) in [5.74, 6) is -1.13. The van der Waals surface area contributed by atoms with E-state index in [0.717, 1.165) is 0 Å². The topological polar surface area (TPSA) is 105 Å². The Labute approximate surface area is 109 Å². The Hall–Kier alpha value is -2.41. The van der Waals surface area contributed by atoms with Crippen molar-refractivity contribution in [3.63, 3.8) is 0 Å². The second kappa shape index (κ2) is 7.12. The summed E-state index contributed by atoms with van der Waals surface area (Å²) in [6.45, 7) is -0.472. The number of hydrogen-bond donors (Lipinski definition) is 3. The van der Waals surface area contributed by atoms with Gasteiger partial charge in [0.05, 0.1) is 0 Å². The van der Waals surface area contributed by atoms with Crippen molar-refractivity contribution < 1.29 is 24.2 Å². The van der Waals surface area contributed by atoms with E-state index < -0.39 is 24.6 Å². The molecule has 0 spiro atoms. The average molecular weight is 266 g/mol. The van der Waals surface area contributed by atoms with Crippen molar-refractivity contribution in [3.8, 4) is 0 Å². The predicted octanol–water partition coefficient (Wildman–Crippen LogP) is 0.779. The van der Waals surface area contributed by atoms with E-state index in [9.17, 15) is 14.4 Å². The molecule has 1 aromatic carbocycles. The zero-order chi connectivity index (χ0) is 14.3. The van der Waals surface area contributed by atoms with Gasteiger partial charge in [0, 0.05) is 12.8 Å². The number of carboxylic acids is 1. The van der Waals surface area contributed by atoms with Crippen LogP contribution in [0.25, 0.3) is 0 Å². The average Bonchev–Trinajstić information content (AvgIpc) is 2.38. The molecule has 1 rings (SSSR count). The first-order chi connectivity index (χ1) is 9.06. The van der Waals surface area contributed by atoms with Crippen LogP contribution in [0.1, 0.15) is 11.7 Å². The van der Waals surface area contributed by atoms with Crippen LogP contribution in [0.15, 0.2) is 24.3 Å². The first-order valence-electron chi connectivity index (χ1n) is 5.41. The lowest BCUT2D eigenvalue weighted by atomic mass is 10.1. The number of carbonyl (C=O) groups is 3. The quantitative estimate of drug-likeness (QED) is 0.660. The monoisotopic (exact) mass is 266 g/mol. The van der Waals surface area contributed by atoms with Crippen molar-refractivity contribution in [2.75, 3.05) is 19.0 Å². The standard InChI is InChI=1S/C12H14N2O5/c1-19-10(7-15)8-3-2-4-9(5-8)14-12(18)13-6-11(16)17/h2-5,7,10H,6H2,1H3,(H,16,17)(H2,13,14,18). The van der Waals surface area contributed by atoms with E-state index in [1.165, 1.54) is 7.11 Å². The minimum Gasteiger partial charge on any atom is -0.480 e. The fourth-order valence-electron chi connectivity index (χ4n) is 1.39. The minimum absolute atomic E-state index is 0.435. The second-order valence-electron chi connectivity index (χ2n) is 3.62. The Balaban J connectivity index is 2.69. The van der Waals surface area contributed by atoms with Crippen molar-refractivity contribution in [2.24, 2.45) is 0 Å². The van der Waals surface area contributed by atoms with Gasteiger partial charge in [-0.2, -0.15) is 0 Å².